The highest BCUT2D eigenvalue weighted by atomic mass is 32.2. The molecule has 0 saturated carbocycles. The number of methoxy groups -OCH3 is 2. The highest BCUT2D eigenvalue weighted by Gasteiger charge is 2.36. The Bertz CT molecular complexity index is 966. The fourth-order valence-corrected chi connectivity index (χ4v) is 4.11. The van der Waals surface area contributed by atoms with E-state index >= 15 is 0 Å². The fourth-order valence-electron chi connectivity index (χ4n) is 3.22. The lowest BCUT2D eigenvalue weighted by Crippen LogP contribution is -2.26. The van der Waals surface area contributed by atoms with Crippen LogP contribution in [-0.2, 0) is 10.0 Å². The predicted octanol–water partition coefficient (Wildman–Crippen LogP) is 3.21. The van der Waals surface area contributed by atoms with Gasteiger partial charge in [0.05, 0.1) is 38.8 Å². The predicted molar refractivity (Wildman–Crippen MR) is 108 cm³/mol. The molecule has 2 aromatic carbocycles. The SMILES string of the molecule is CCOc1ccccc1C1CC(c2cc(OC)cc(OC)c2)=NN1S(C)(=O)=O. The van der Waals surface area contributed by atoms with Crippen LogP contribution in [0.1, 0.15) is 30.5 Å². The molecule has 7 nitrogen and oxygen atoms in total. The molecule has 0 amide bonds. The van der Waals surface area contributed by atoms with Gasteiger partial charge in [-0.25, -0.2) is 8.42 Å². The minimum Gasteiger partial charge on any atom is -0.497 e. The third kappa shape index (κ3) is 4.06. The summed E-state index contributed by atoms with van der Waals surface area (Å²) in [6, 6.07) is 12.4. The molecule has 1 aliphatic heterocycles. The van der Waals surface area contributed by atoms with Crippen molar-refractivity contribution in [1.82, 2.24) is 4.41 Å². The van der Waals surface area contributed by atoms with Crippen LogP contribution in [0.3, 0.4) is 0 Å². The van der Waals surface area contributed by atoms with Gasteiger partial charge in [-0.3, -0.25) is 0 Å². The molecule has 0 N–H and O–H groups in total. The topological polar surface area (TPSA) is 77.4 Å². The molecule has 1 heterocycles. The lowest BCUT2D eigenvalue weighted by atomic mass is 9.98. The Morgan fingerprint density at radius 2 is 1.75 bits per heavy atom. The molecule has 0 aromatic heterocycles. The molecule has 0 saturated heterocycles. The van der Waals surface area contributed by atoms with Crippen LogP contribution in [0, 0.1) is 0 Å². The quantitative estimate of drug-likeness (QED) is 0.708. The van der Waals surface area contributed by atoms with E-state index in [2.05, 4.69) is 5.10 Å². The van der Waals surface area contributed by atoms with Crippen LogP contribution in [0.2, 0.25) is 0 Å². The molecule has 1 aliphatic rings. The second-order valence-electron chi connectivity index (χ2n) is 6.37. The zero-order valence-corrected chi connectivity index (χ0v) is 17.2. The first-order valence-electron chi connectivity index (χ1n) is 8.89. The van der Waals surface area contributed by atoms with Gasteiger partial charge in [0.25, 0.3) is 0 Å². The monoisotopic (exact) mass is 404 g/mol. The van der Waals surface area contributed by atoms with Crippen molar-refractivity contribution in [2.75, 3.05) is 27.1 Å². The molecular formula is C20H24N2O5S. The normalized spacial score (nSPS) is 16.6. The van der Waals surface area contributed by atoms with Crippen LogP contribution in [0.25, 0.3) is 0 Å². The molecule has 0 spiro atoms. The number of ether oxygens (including phenoxy) is 3. The van der Waals surface area contributed by atoms with Crippen LogP contribution in [0.5, 0.6) is 17.2 Å². The molecule has 0 radical (unpaired) electrons. The first-order valence-corrected chi connectivity index (χ1v) is 10.7. The summed E-state index contributed by atoms with van der Waals surface area (Å²) in [5.74, 6) is 1.88. The van der Waals surface area contributed by atoms with Gasteiger partial charge in [-0.2, -0.15) is 9.52 Å². The maximum atomic E-state index is 12.4. The van der Waals surface area contributed by atoms with Crippen molar-refractivity contribution in [3.05, 3.63) is 53.6 Å². The van der Waals surface area contributed by atoms with Gasteiger partial charge in [0.1, 0.15) is 17.2 Å². The average Bonchev–Trinajstić information content (AvgIpc) is 3.14. The highest BCUT2D eigenvalue weighted by Crippen LogP contribution is 2.39. The molecule has 0 fully saturated rings. The molecule has 2 aromatic rings. The van der Waals surface area contributed by atoms with Crippen LogP contribution < -0.4 is 14.2 Å². The third-order valence-electron chi connectivity index (χ3n) is 4.47. The molecule has 3 rings (SSSR count). The van der Waals surface area contributed by atoms with Gasteiger partial charge in [-0.05, 0) is 25.1 Å². The minimum absolute atomic E-state index is 0.410. The highest BCUT2D eigenvalue weighted by molar-refractivity contribution is 7.88. The van der Waals surface area contributed by atoms with Gasteiger partial charge < -0.3 is 14.2 Å². The van der Waals surface area contributed by atoms with E-state index in [4.69, 9.17) is 14.2 Å². The Kier molecular flexibility index (Phi) is 5.79. The van der Waals surface area contributed by atoms with E-state index in [0.717, 1.165) is 21.8 Å². The van der Waals surface area contributed by atoms with Gasteiger partial charge in [0, 0.05) is 23.6 Å². The summed E-state index contributed by atoms with van der Waals surface area (Å²) in [5.41, 5.74) is 2.17. The van der Waals surface area contributed by atoms with Crippen molar-refractivity contribution in [3.63, 3.8) is 0 Å². The van der Waals surface area contributed by atoms with E-state index in [1.807, 2.05) is 43.3 Å². The van der Waals surface area contributed by atoms with Crippen molar-refractivity contribution in [3.8, 4) is 17.2 Å². The average molecular weight is 404 g/mol. The van der Waals surface area contributed by atoms with E-state index in [0.29, 0.717) is 36.0 Å². The zero-order chi connectivity index (χ0) is 20.3. The Balaban J connectivity index is 2.06. The maximum absolute atomic E-state index is 12.4. The molecular weight excluding hydrogens is 380 g/mol. The minimum atomic E-state index is -3.58. The van der Waals surface area contributed by atoms with Crippen molar-refractivity contribution in [1.29, 1.82) is 0 Å². The Morgan fingerprint density at radius 1 is 1.11 bits per heavy atom. The Hall–Kier alpha value is -2.74. The zero-order valence-electron chi connectivity index (χ0n) is 16.4. The lowest BCUT2D eigenvalue weighted by Gasteiger charge is -2.23. The van der Waals surface area contributed by atoms with E-state index in [1.165, 1.54) is 0 Å². The third-order valence-corrected chi connectivity index (χ3v) is 5.49. The van der Waals surface area contributed by atoms with Crippen LogP contribution in [0.4, 0.5) is 0 Å². The lowest BCUT2D eigenvalue weighted by molar-refractivity contribution is 0.317. The molecule has 150 valence electrons. The summed E-state index contributed by atoms with van der Waals surface area (Å²) >= 11 is 0. The van der Waals surface area contributed by atoms with Gasteiger partial charge in [0.2, 0.25) is 10.0 Å². The van der Waals surface area contributed by atoms with Crippen molar-refractivity contribution in [2.45, 2.75) is 19.4 Å². The number of nitrogens with zero attached hydrogens (tertiary/aromatic N) is 2. The van der Waals surface area contributed by atoms with E-state index < -0.39 is 16.1 Å². The molecule has 8 heteroatoms. The number of hydrogen-bond acceptors (Lipinski definition) is 6. The summed E-state index contributed by atoms with van der Waals surface area (Å²) in [6.07, 6.45) is 1.56. The van der Waals surface area contributed by atoms with Crippen molar-refractivity contribution >= 4 is 15.7 Å². The molecule has 1 atom stereocenters. The number of benzene rings is 2. The summed E-state index contributed by atoms with van der Waals surface area (Å²) in [4.78, 5) is 0. The molecule has 0 aliphatic carbocycles. The van der Waals surface area contributed by atoms with Gasteiger partial charge in [-0.1, -0.05) is 18.2 Å². The van der Waals surface area contributed by atoms with Gasteiger partial charge in [-0.15, -0.1) is 0 Å². The molecule has 28 heavy (non-hydrogen) atoms. The Labute approximate surface area is 165 Å². The summed E-state index contributed by atoms with van der Waals surface area (Å²) in [5, 5.41) is 4.43. The first-order chi connectivity index (χ1) is 13.4. The van der Waals surface area contributed by atoms with E-state index in [-0.39, 0.29) is 0 Å². The number of hydrogen-bond donors (Lipinski definition) is 0. The van der Waals surface area contributed by atoms with Crippen LogP contribution in [-0.4, -0.2) is 45.6 Å². The van der Waals surface area contributed by atoms with Crippen LogP contribution in [0.15, 0.2) is 47.6 Å². The van der Waals surface area contributed by atoms with Crippen molar-refractivity contribution in [2.24, 2.45) is 5.10 Å². The maximum Gasteiger partial charge on any atom is 0.247 e. The summed E-state index contributed by atoms with van der Waals surface area (Å²) < 4.78 is 42.4. The van der Waals surface area contributed by atoms with Crippen LogP contribution >= 0.6 is 0 Å². The van der Waals surface area contributed by atoms with Gasteiger partial charge >= 0.3 is 0 Å². The fraction of sp³-hybridized carbons (Fsp3) is 0.350. The molecule has 0 bridgehead atoms. The second kappa shape index (κ2) is 8.10. The second-order valence-corrected chi connectivity index (χ2v) is 8.21. The van der Waals surface area contributed by atoms with Crippen molar-refractivity contribution < 1.29 is 22.6 Å². The number of rotatable bonds is 7. The Morgan fingerprint density at radius 3 is 2.32 bits per heavy atom. The number of para-hydroxylation sites is 1. The largest absolute Gasteiger partial charge is 0.497 e. The van der Waals surface area contributed by atoms with E-state index in [9.17, 15) is 8.42 Å². The van der Waals surface area contributed by atoms with E-state index in [1.54, 1.807) is 20.3 Å². The standard InChI is InChI=1S/C20H24N2O5S/c1-5-27-20-9-7-6-8-17(20)19-13-18(21-22(19)28(4,23)24)14-10-15(25-2)12-16(11-14)26-3/h6-12,19H,5,13H2,1-4H3. The smallest absolute Gasteiger partial charge is 0.247 e. The molecule has 1 unspecified atom stereocenters. The summed E-state index contributed by atoms with van der Waals surface area (Å²) in [6.45, 7) is 2.38. The number of hydrazone groups is 1. The number of sulfonamides is 1. The first kappa shape index (κ1) is 20.0. The van der Waals surface area contributed by atoms with Gasteiger partial charge in [0.15, 0.2) is 0 Å². The summed E-state index contributed by atoms with van der Waals surface area (Å²) in [7, 11) is -0.439.